The van der Waals surface area contributed by atoms with Gasteiger partial charge in [-0.2, -0.15) is 0 Å². The first-order chi connectivity index (χ1) is 5.81. The molecular weight excluding hydrogens is 236 g/mol. The van der Waals surface area contributed by atoms with Crippen LogP contribution in [0.25, 0.3) is 0 Å². The Morgan fingerprint density at radius 1 is 1.58 bits per heavy atom. The molecule has 1 aromatic heterocycles. The first kappa shape index (κ1) is 8.45. The third-order valence-corrected chi connectivity index (χ3v) is 4.47. The highest BCUT2D eigenvalue weighted by Crippen LogP contribution is 2.43. The lowest BCUT2D eigenvalue weighted by atomic mass is 9.84. The van der Waals surface area contributed by atoms with Crippen molar-refractivity contribution >= 4 is 33.6 Å². The fraction of sp³-hybridized carbons (Fsp3) is 0.444. The Kier molecular flexibility index (Phi) is 2.33. The molecule has 0 radical (unpaired) electrons. The SMILES string of the molecule is O=Cc1cc(Br)c(C2CCC2)s1. The molecule has 0 atom stereocenters. The van der Waals surface area contributed by atoms with Crippen LogP contribution in [0.4, 0.5) is 0 Å². The number of aldehydes is 1. The van der Waals surface area contributed by atoms with E-state index in [1.807, 2.05) is 6.07 Å². The minimum absolute atomic E-state index is 0.720. The Bertz CT molecular complexity index is 301. The Balaban J connectivity index is 2.29. The molecule has 0 bridgehead atoms. The van der Waals surface area contributed by atoms with E-state index in [9.17, 15) is 4.79 Å². The molecule has 12 heavy (non-hydrogen) atoms. The third-order valence-electron chi connectivity index (χ3n) is 2.32. The molecule has 0 aliphatic heterocycles. The van der Waals surface area contributed by atoms with Crippen molar-refractivity contribution < 1.29 is 4.79 Å². The molecule has 1 heterocycles. The maximum atomic E-state index is 10.5. The maximum Gasteiger partial charge on any atom is 0.160 e. The van der Waals surface area contributed by atoms with Gasteiger partial charge in [0.25, 0.3) is 0 Å². The van der Waals surface area contributed by atoms with E-state index in [0.29, 0.717) is 0 Å². The van der Waals surface area contributed by atoms with Crippen LogP contribution in [0.5, 0.6) is 0 Å². The molecular formula is C9H9BrOS. The Hall–Kier alpha value is -0.150. The minimum Gasteiger partial charge on any atom is -0.297 e. The largest absolute Gasteiger partial charge is 0.297 e. The molecule has 0 unspecified atom stereocenters. The van der Waals surface area contributed by atoms with Crippen molar-refractivity contribution in [1.29, 1.82) is 0 Å². The van der Waals surface area contributed by atoms with Gasteiger partial charge in [-0.25, -0.2) is 0 Å². The predicted octanol–water partition coefficient (Wildman–Crippen LogP) is 3.59. The minimum atomic E-state index is 0.720. The standard InChI is InChI=1S/C9H9BrOS/c10-8-4-7(5-11)12-9(8)6-2-1-3-6/h4-6H,1-3H2. The van der Waals surface area contributed by atoms with Crippen LogP contribution in [-0.4, -0.2) is 6.29 Å². The molecule has 0 saturated heterocycles. The topological polar surface area (TPSA) is 17.1 Å². The van der Waals surface area contributed by atoms with E-state index in [4.69, 9.17) is 0 Å². The zero-order valence-electron chi connectivity index (χ0n) is 6.55. The van der Waals surface area contributed by atoms with Crippen LogP contribution in [0, 0.1) is 0 Å². The lowest BCUT2D eigenvalue weighted by molar-refractivity contribution is 0.112. The molecule has 0 aromatic carbocycles. The monoisotopic (exact) mass is 244 g/mol. The fourth-order valence-corrected chi connectivity index (χ4v) is 3.41. The molecule has 0 N–H and O–H groups in total. The van der Waals surface area contributed by atoms with E-state index in [-0.39, 0.29) is 0 Å². The van der Waals surface area contributed by atoms with Gasteiger partial charge in [0.2, 0.25) is 0 Å². The van der Waals surface area contributed by atoms with Gasteiger partial charge in [0, 0.05) is 9.35 Å². The van der Waals surface area contributed by atoms with Crippen molar-refractivity contribution in [2.24, 2.45) is 0 Å². The first-order valence-electron chi connectivity index (χ1n) is 4.05. The van der Waals surface area contributed by atoms with Gasteiger partial charge >= 0.3 is 0 Å². The van der Waals surface area contributed by atoms with Gasteiger partial charge in [-0.05, 0) is 40.8 Å². The zero-order chi connectivity index (χ0) is 8.55. The average Bonchev–Trinajstić information content (AvgIpc) is 2.29. The molecule has 2 rings (SSSR count). The molecule has 1 nitrogen and oxygen atoms in total. The number of thiophene rings is 1. The van der Waals surface area contributed by atoms with Crippen LogP contribution in [0.2, 0.25) is 0 Å². The van der Waals surface area contributed by atoms with Crippen LogP contribution >= 0.6 is 27.3 Å². The molecule has 64 valence electrons. The van der Waals surface area contributed by atoms with Gasteiger partial charge in [0.1, 0.15) is 0 Å². The van der Waals surface area contributed by atoms with Crippen molar-refractivity contribution in [3.63, 3.8) is 0 Å². The molecule has 3 heteroatoms. The van der Waals surface area contributed by atoms with E-state index in [1.165, 1.54) is 24.1 Å². The van der Waals surface area contributed by atoms with Crippen molar-refractivity contribution in [1.82, 2.24) is 0 Å². The van der Waals surface area contributed by atoms with E-state index in [1.54, 1.807) is 11.3 Å². The fourth-order valence-electron chi connectivity index (χ4n) is 1.41. The van der Waals surface area contributed by atoms with E-state index in [0.717, 1.165) is 21.6 Å². The van der Waals surface area contributed by atoms with Crippen LogP contribution in [0.3, 0.4) is 0 Å². The molecule has 1 aromatic rings. The van der Waals surface area contributed by atoms with E-state index < -0.39 is 0 Å². The Morgan fingerprint density at radius 2 is 2.33 bits per heavy atom. The maximum absolute atomic E-state index is 10.5. The summed E-state index contributed by atoms with van der Waals surface area (Å²) in [6.07, 6.45) is 4.85. The van der Waals surface area contributed by atoms with Gasteiger partial charge in [0.05, 0.1) is 4.88 Å². The predicted molar refractivity (Wildman–Crippen MR) is 54.0 cm³/mol. The number of halogens is 1. The van der Waals surface area contributed by atoms with Crippen molar-refractivity contribution in [2.45, 2.75) is 25.2 Å². The lowest BCUT2D eigenvalue weighted by Crippen LogP contribution is -2.06. The summed E-state index contributed by atoms with van der Waals surface area (Å²) < 4.78 is 1.12. The normalized spacial score (nSPS) is 17.4. The third kappa shape index (κ3) is 1.36. The number of rotatable bonds is 2. The highest BCUT2D eigenvalue weighted by atomic mass is 79.9. The number of carbonyl (C=O) groups excluding carboxylic acids is 1. The van der Waals surface area contributed by atoms with Crippen LogP contribution in [-0.2, 0) is 0 Å². The summed E-state index contributed by atoms with van der Waals surface area (Å²) in [5.74, 6) is 0.720. The Labute approximate surface area is 83.9 Å². The van der Waals surface area contributed by atoms with Crippen molar-refractivity contribution in [3.05, 3.63) is 20.3 Å². The smallest absolute Gasteiger partial charge is 0.160 e. The molecule has 1 saturated carbocycles. The summed E-state index contributed by atoms with van der Waals surface area (Å²) in [6.45, 7) is 0. The summed E-state index contributed by atoms with van der Waals surface area (Å²) in [5, 5.41) is 0. The van der Waals surface area contributed by atoms with Crippen molar-refractivity contribution in [2.75, 3.05) is 0 Å². The first-order valence-corrected chi connectivity index (χ1v) is 5.66. The second-order valence-electron chi connectivity index (χ2n) is 3.11. The number of carbonyl (C=O) groups is 1. The van der Waals surface area contributed by atoms with Gasteiger partial charge in [-0.3, -0.25) is 4.79 Å². The summed E-state index contributed by atoms with van der Waals surface area (Å²) in [4.78, 5) is 12.7. The van der Waals surface area contributed by atoms with Gasteiger partial charge in [0.15, 0.2) is 6.29 Å². The summed E-state index contributed by atoms with van der Waals surface area (Å²) in [7, 11) is 0. The number of hydrogen-bond donors (Lipinski definition) is 0. The summed E-state index contributed by atoms with van der Waals surface area (Å²) in [5.41, 5.74) is 0. The molecule has 0 amide bonds. The average molecular weight is 245 g/mol. The molecule has 1 fully saturated rings. The van der Waals surface area contributed by atoms with Crippen LogP contribution in [0.15, 0.2) is 10.5 Å². The van der Waals surface area contributed by atoms with Gasteiger partial charge < -0.3 is 0 Å². The molecule has 1 aliphatic rings. The number of hydrogen-bond acceptors (Lipinski definition) is 2. The lowest BCUT2D eigenvalue weighted by Gasteiger charge is -2.24. The second-order valence-corrected chi connectivity index (χ2v) is 5.08. The van der Waals surface area contributed by atoms with Crippen LogP contribution in [0.1, 0.15) is 39.7 Å². The van der Waals surface area contributed by atoms with Crippen molar-refractivity contribution in [3.8, 4) is 0 Å². The van der Waals surface area contributed by atoms with E-state index >= 15 is 0 Å². The summed E-state index contributed by atoms with van der Waals surface area (Å²) >= 11 is 5.11. The Morgan fingerprint density at radius 3 is 2.75 bits per heavy atom. The van der Waals surface area contributed by atoms with Gasteiger partial charge in [-0.1, -0.05) is 6.42 Å². The van der Waals surface area contributed by atoms with Gasteiger partial charge in [-0.15, -0.1) is 11.3 Å². The zero-order valence-corrected chi connectivity index (χ0v) is 8.95. The second kappa shape index (κ2) is 3.30. The quantitative estimate of drug-likeness (QED) is 0.727. The highest BCUT2D eigenvalue weighted by Gasteiger charge is 2.23. The van der Waals surface area contributed by atoms with E-state index in [2.05, 4.69) is 15.9 Å². The van der Waals surface area contributed by atoms with Crippen LogP contribution < -0.4 is 0 Å². The molecule has 0 spiro atoms. The highest BCUT2D eigenvalue weighted by molar-refractivity contribution is 9.10. The summed E-state index contributed by atoms with van der Waals surface area (Å²) in [6, 6.07) is 1.92. The molecule has 1 aliphatic carbocycles.